The molecule has 3 atom stereocenters. The van der Waals surface area contributed by atoms with Crippen molar-refractivity contribution in [1.29, 1.82) is 0 Å². The van der Waals surface area contributed by atoms with Gasteiger partial charge in [0.2, 0.25) is 0 Å². The van der Waals surface area contributed by atoms with E-state index in [1.165, 1.54) is 12.1 Å². The van der Waals surface area contributed by atoms with Gasteiger partial charge in [0.15, 0.2) is 0 Å². The maximum absolute atomic E-state index is 12.6. The van der Waals surface area contributed by atoms with Gasteiger partial charge in [-0.15, -0.1) is 0 Å². The van der Waals surface area contributed by atoms with Crippen molar-refractivity contribution in [2.75, 3.05) is 5.32 Å². The molecule has 2 rings (SSSR count). The van der Waals surface area contributed by atoms with Crippen molar-refractivity contribution in [3.8, 4) is 0 Å². The molecule has 1 aliphatic rings. The highest BCUT2D eigenvalue weighted by Gasteiger charge is 2.31. The monoisotopic (exact) mass is 314 g/mol. The maximum Gasteiger partial charge on any atom is 0.416 e. The Hall–Kier alpha value is -1.72. The highest BCUT2D eigenvalue weighted by molar-refractivity contribution is 5.89. The zero-order valence-electron chi connectivity index (χ0n) is 12.7. The number of alkyl halides is 3. The minimum absolute atomic E-state index is 0.0644. The Morgan fingerprint density at radius 1 is 1.23 bits per heavy atom. The van der Waals surface area contributed by atoms with Crippen molar-refractivity contribution < 1.29 is 18.0 Å². The molecule has 0 unspecified atom stereocenters. The molecule has 1 aromatic carbocycles. The molecular weight excluding hydrogens is 293 g/mol. The molecule has 1 aromatic rings. The van der Waals surface area contributed by atoms with Crippen LogP contribution >= 0.6 is 0 Å². The lowest BCUT2D eigenvalue weighted by Crippen LogP contribution is -2.45. The van der Waals surface area contributed by atoms with Crippen molar-refractivity contribution in [3.05, 3.63) is 29.8 Å². The zero-order chi connectivity index (χ0) is 16.3. The summed E-state index contributed by atoms with van der Waals surface area (Å²) in [6.07, 6.45) is -1.31. The van der Waals surface area contributed by atoms with Crippen LogP contribution in [0.15, 0.2) is 24.3 Å². The predicted octanol–water partition coefficient (Wildman–Crippen LogP) is 4.65. The number of anilines is 1. The lowest BCUT2D eigenvalue weighted by molar-refractivity contribution is -0.137. The number of benzene rings is 1. The molecule has 1 saturated carbocycles. The smallest absolute Gasteiger partial charge is 0.335 e. The summed E-state index contributed by atoms with van der Waals surface area (Å²) < 4.78 is 37.9. The number of hydrogen-bond acceptors (Lipinski definition) is 1. The van der Waals surface area contributed by atoms with E-state index in [2.05, 4.69) is 24.5 Å². The van der Waals surface area contributed by atoms with Gasteiger partial charge in [0, 0.05) is 11.7 Å². The number of nitrogens with one attached hydrogen (secondary N) is 2. The molecule has 0 aliphatic heterocycles. The zero-order valence-corrected chi connectivity index (χ0v) is 12.7. The molecule has 0 aromatic heterocycles. The third-order valence-electron chi connectivity index (χ3n) is 4.47. The second-order valence-electron chi connectivity index (χ2n) is 6.05. The van der Waals surface area contributed by atoms with Crippen molar-refractivity contribution in [1.82, 2.24) is 5.32 Å². The van der Waals surface area contributed by atoms with Crippen LogP contribution in [-0.2, 0) is 6.18 Å². The first kappa shape index (κ1) is 16.6. The van der Waals surface area contributed by atoms with Gasteiger partial charge in [-0.25, -0.2) is 4.79 Å². The minimum Gasteiger partial charge on any atom is -0.335 e. The standard InChI is InChI=1S/C16H21F3N2O/c1-10-5-3-8-14(11(10)2)21-15(22)20-13-7-4-6-12(9-13)16(17,18)19/h4,6-7,9-11,14H,3,5,8H2,1-2H3,(H2,20,21,22)/t10-,11+,14+/m1/s1. The van der Waals surface area contributed by atoms with E-state index in [0.29, 0.717) is 11.8 Å². The van der Waals surface area contributed by atoms with Crippen LogP contribution in [0.4, 0.5) is 23.7 Å². The molecule has 1 fully saturated rings. The Kier molecular flexibility index (Phi) is 4.98. The normalized spacial score (nSPS) is 25.6. The van der Waals surface area contributed by atoms with Gasteiger partial charge in [-0.3, -0.25) is 0 Å². The van der Waals surface area contributed by atoms with Crippen LogP contribution in [0.25, 0.3) is 0 Å². The Balaban J connectivity index is 1.97. The topological polar surface area (TPSA) is 41.1 Å². The summed E-state index contributed by atoms with van der Waals surface area (Å²) in [5, 5.41) is 5.36. The van der Waals surface area contributed by atoms with Gasteiger partial charge in [-0.2, -0.15) is 13.2 Å². The fourth-order valence-electron chi connectivity index (χ4n) is 2.89. The number of urea groups is 1. The van der Waals surface area contributed by atoms with Crippen LogP contribution < -0.4 is 10.6 Å². The summed E-state index contributed by atoms with van der Waals surface area (Å²) in [7, 11) is 0. The van der Waals surface area contributed by atoms with E-state index in [9.17, 15) is 18.0 Å². The fourth-order valence-corrected chi connectivity index (χ4v) is 2.89. The number of rotatable bonds is 2. The first-order valence-corrected chi connectivity index (χ1v) is 7.52. The second kappa shape index (κ2) is 6.58. The maximum atomic E-state index is 12.6. The average molecular weight is 314 g/mol. The summed E-state index contributed by atoms with van der Waals surface area (Å²) >= 11 is 0. The summed E-state index contributed by atoms with van der Waals surface area (Å²) in [4.78, 5) is 12.0. The van der Waals surface area contributed by atoms with Gasteiger partial charge in [0.1, 0.15) is 0 Å². The molecule has 6 heteroatoms. The van der Waals surface area contributed by atoms with Gasteiger partial charge >= 0.3 is 12.2 Å². The van der Waals surface area contributed by atoms with Crippen molar-refractivity contribution in [2.45, 2.75) is 45.3 Å². The lowest BCUT2D eigenvalue weighted by atomic mass is 9.78. The van der Waals surface area contributed by atoms with Gasteiger partial charge in [-0.1, -0.05) is 32.8 Å². The molecule has 2 N–H and O–H groups in total. The third-order valence-corrected chi connectivity index (χ3v) is 4.47. The molecule has 3 nitrogen and oxygen atoms in total. The predicted molar refractivity (Wildman–Crippen MR) is 79.6 cm³/mol. The molecule has 0 heterocycles. The number of hydrogen-bond donors (Lipinski definition) is 2. The van der Waals surface area contributed by atoms with E-state index in [1.807, 2.05) is 0 Å². The number of amides is 2. The van der Waals surface area contributed by atoms with E-state index < -0.39 is 17.8 Å². The quantitative estimate of drug-likeness (QED) is 0.819. The van der Waals surface area contributed by atoms with Crippen molar-refractivity contribution in [3.63, 3.8) is 0 Å². The van der Waals surface area contributed by atoms with Gasteiger partial charge in [0.25, 0.3) is 0 Å². The van der Waals surface area contributed by atoms with E-state index in [0.717, 1.165) is 31.4 Å². The van der Waals surface area contributed by atoms with Crippen LogP contribution in [0.1, 0.15) is 38.7 Å². The second-order valence-corrected chi connectivity index (χ2v) is 6.05. The minimum atomic E-state index is -4.42. The third kappa shape index (κ3) is 4.15. The van der Waals surface area contributed by atoms with Crippen molar-refractivity contribution in [2.24, 2.45) is 11.8 Å². The summed E-state index contributed by atoms with van der Waals surface area (Å²) in [5.74, 6) is 0.897. The Bertz CT molecular complexity index is 530. The van der Waals surface area contributed by atoms with Crippen molar-refractivity contribution >= 4 is 11.7 Å². The summed E-state index contributed by atoms with van der Waals surface area (Å²) in [5.41, 5.74) is -0.631. The van der Waals surface area contributed by atoms with E-state index in [1.54, 1.807) is 0 Å². The largest absolute Gasteiger partial charge is 0.416 e. The van der Waals surface area contributed by atoms with Crippen LogP contribution in [0.5, 0.6) is 0 Å². The highest BCUT2D eigenvalue weighted by atomic mass is 19.4. The number of carbonyl (C=O) groups excluding carboxylic acids is 1. The van der Waals surface area contributed by atoms with Crippen LogP contribution in [0, 0.1) is 11.8 Å². The van der Waals surface area contributed by atoms with Gasteiger partial charge in [-0.05, 0) is 36.5 Å². The van der Waals surface area contributed by atoms with E-state index in [4.69, 9.17) is 0 Å². The first-order chi connectivity index (χ1) is 10.3. The molecule has 2 amide bonds. The van der Waals surface area contributed by atoms with Crippen LogP contribution in [0.3, 0.4) is 0 Å². The van der Waals surface area contributed by atoms with Crippen LogP contribution in [-0.4, -0.2) is 12.1 Å². The molecule has 0 radical (unpaired) electrons. The molecule has 0 saturated heterocycles. The summed E-state index contributed by atoms with van der Waals surface area (Å²) in [6.45, 7) is 4.25. The Morgan fingerprint density at radius 2 is 1.95 bits per heavy atom. The SMILES string of the molecule is C[C@H]1[C@H](C)CCC[C@@H]1NC(=O)Nc1cccc(C(F)(F)F)c1. The Labute approximate surface area is 128 Å². The van der Waals surface area contributed by atoms with Crippen LogP contribution in [0.2, 0.25) is 0 Å². The lowest BCUT2D eigenvalue weighted by Gasteiger charge is -2.34. The van der Waals surface area contributed by atoms with E-state index >= 15 is 0 Å². The van der Waals surface area contributed by atoms with Gasteiger partial charge < -0.3 is 10.6 Å². The molecule has 0 spiro atoms. The molecule has 22 heavy (non-hydrogen) atoms. The molecule has 1 aliphatic carbocycles. The fraction of sp³-hybridized carbons (Fsp3) is 0.562. The first-order valence-electron chi connectivity index (χ1n) is 7.52. The molecular formula is C16H21F3N2O. The molecule has 122 valence electrons. The highest BCUT2D eigenvalue weighted by Crippen LogP contribution is 2.31. The van der Waals surface area contributed by atoms with Gasteiger partial charge in [0.05, 0.1) is 5.56 Å². The number of halogens is 3. The molecule has 0 bridgehead atoms. The Morgan fingerprint density at radius 3 is 2.64 bits per heavy atom. The summed E-state index contributed by atoms with van der Waals surface area (Å²) in [6, 6.07) is 4.26. The average Bonchev–Trinajstić information content (AvgIpc) is 2.43. The number of carbonyl (C=O) groups is 1. The van der Waals surface area contributed by atoms with E-state index in [-0.39, 0.29) is 11.7 Å².